The largest absolute Gasteiger partial charge is 0.530 e. The highest BCUT2D eigenvalue weighted by atomic mass is 32.2. The van der Waals surface area contributed by atoms with Crippen molar-refractivity contribution < 1.29 is 18.5 Å². The molecule has 1 aliphatic heterocycles. The number of amides is 1. The minimum atomic E-state index is -1.26. The molecule has 1 amide bonds. The number of nitrogens with zero attached hydrogens (tertiary/aromatic N) is 1. The van der Waals surface area contributed by atoms with Crippen LogP contribution in [-0.4, -0.2) is 53.7 Å². The van der Waals surface area contributed by atoms with E-state index in [1.807, 2.05) is 35.9 Å². The molecule has 0 radical (unpaired) electrons. The van der Waals surface area contributed by atoms with E-state index in [1.165, 1.54) is 5.57 Å². The molecule has 1 aliphatic carbocycles. The third-order valence-electron chi connectivity index (χ3n) is 4.27. The van der Waals surface area contributed by atoms with E-state index in [0.717, 1.165) is 30.2 Å². The van der Waals surface area contributed by atoms with Crippen molar-refractivity contribution in [2.45, 2.75) is 17.9 Å². The van der Waals surface area contributed by atoms with Crippen LogP contribution in [-0.2, 0) is 4.74 Å². The van der Waals surface area contributed by atoms with Crippen molar-refractivity contribution in [2.24, 2.45) is 5.92 Å². The fourth-order valence-electron chi connectivity index (χ4n) is 3.00. The minimum Gasteiger partial charge on any atom is -0.530 e. The number of morpholine rings is 1. The first-order chi connectivity index (χ1) is 10.3. The number of allylic oxidation sites excluding steroid dienone is 2. The average Bonchev–Trinajstić information content (AvgIpc) is 2.43. The summed E-state index contributed by atoms with van der Waals surface area (Å²) in [6, 6.07) is 0. The number of thioether (sulfide) groups is 1. The molecule has 0 saturated carbocycles. The van der Waals surface area contributed by atoms with Crippen LogP contribution in [0.5, 0.6) is 0 Å². The third kappa shape index (κ3) is 3.64. The van der Waals surface area contributed by atoms with Gasteiger partial charge >= 0.3 is 0 Å². The molecule has 1 heterocycles. The second-order valence-corrected chi connectivity index (χ2v) is 8.99. The van der Waals surface area contributed by atoms with Gasteiger partial charge in [0.05, 0.1) is 32.2 Å². The fourth-order valence-corrected chi connectivity index (χ4v) is 6.09. The van der Waals surface area contributed by atoms with Gasteiger partial charge in [-0.15, -0.1) is 11.8 Å². The van der Waals surface area contributed by atoms with Crippen molar-refractivity contribution in [3.8, 4) is 0 Å². The van der Waals surface area contributed by atoms with E-state index in [4.69, 9.17) is 4.74 Å². The molecule has 1 fully saturated rings. The van der Waals surface area contributed by atoms with E-state index in [0.29, 0.717) is 5.70 Å². The Morgan fingerprint density at radius 2 is 2.14 bits per heavy atom. The summed E-state index contributed by atoms with van der Waals surface area (Å²) in [5, 5.41) is 13.1. The van der Waals surface area contributed by atoms with Gasteiger partial charge in [-0.25, -0.2) is 0 Å². The number of likely N-dealkylation sites (N-methyl/N-ethyl adjacent to an activating group) is 1. The quantitative estimate of drug-likeness (QED) is 0.477. The van der Waals surface area contributed by atoms with Crippen molar-refractivity contribution in [2.75, 3.05) is 39.6 Å². The first kappa shape index (κ1) is 17.7. The van der Waals surface area contributed by atoms with E-state index >= 15 is 0 Å². The maximum Gasteiger partial charge on any atom is 0.143 e. The second-order valence-electron chi connectivity index (χ2n) is 5.97. The van der Waals surface area contributed by atoms with Gasteiger partial charge in [0.25, 0.3) is 0 Å². The molecule has 5 nitrogen and oxygen atoms in total. The summed E-state index contributed by atoms with van der Waals surface area (Å²) in [6.07, 6.45) is 4.77. The predicted octanol–water partition coefficient (Wildman–Crippen LogP) is 1.58. The number of carbonyl (C=O) groups is 1. The van der Waals surface area contributed by atoms with Gasteiger partial charge in [-0.2, -0.15) is 0 Å². The van der Waals surface area contributed by atoms with Crippen molar-refractivity contribution in [1.82, 2.24) is 5.32 Å². The molecule has 1 N–H and O–H groups in total. The van der Waals surface area contributed by atoms with Crippen molar-refractivity contribution in [1.29, 1.82) is 0 Å². The summed E-state index contributed by atoms with van der Waals surface area (Å²) < 4.78 is 6.31. The van der Waals surface area contributed by atoms with Gasteiger partial charge in [0.2, 0.25) is 0 Å². The summed E-state index contributed by atoms with van der Waals surface area (Å²) in [5.74, 6) is 0.206. The van der Waals surface area contributed by atoms with Crippen LogP contribution in [0.4, 0.5) is 4.79 Å². The number of nitrogens with one attached hydrogen (secondary N) is 1. The standard InChI is InChI=1S/C15H24N2O3S2/c1-11-9-13(16-14(18)19)10-12(2)15(11,21-4)22-17(3)5-7-20-8-6-17/h9-11,16H,5-8H2,1-4H3. The van der Waals surface area contributed by atoms with E-state index in [2.05, 4.69) is 32.5 Å². The van der Waals surface area contributed by atoms with Gasteiger partial charge in [0.15, 0.2) is 0 Å². The monoisotopic (exact) mass is 344 g/mol. The summed E-state index contributed by atoms with van der Waals surface area (Å²) in [5.41, 5.74) is 1.79. The molecule has 2 unspecified atom stereocenters. The average molecular weight is 345 g/mol. The molecule has 0 bridgehead atoms. The maximum atomic E-state index is 10.8. The van der Waals surface area contributed by atoms with E-state index in [1.54, 1.807) is 0 Å². The Morgan fingerprint density at radius 3 is 2.64 bits per heavy atom. The predicted molar refractivity (Wildman–Crippen MR) is 90.1 cm³/mol. The fraction of sp³-hybridized carbons (Fsp3) is 0.667. The second kappa shape index (κ2) is 6.86. The molecule has 0 aromatic heterocycles. The summed E-state index contributed by atoms with van der Waals surface area (Å²) in [6.45, 7) is 7.78. The molecule has 0 aromatic carbocycles. The Hall–Kier alpha value is -0.630. The maximum absolute atomic E-state index is 10.8. The van der Waals surface area contributed by atoms with Crippen LogP contribution in [0, 0.1) is 5.92 Å². The molecule has 7 heteroatoms. The third-order valence-corrected chi connectivity index (χ3v) is 8.07. The first-order valence-electron chi connectivity index (χ1n) is 7.38. The number of hydrogen-bond acceptors (Lipinski definition) is 5. The molecule has 2 aliphatic rings. The van der Waals surface area contributed by atoms with E-state index in [-0.39, 0.29) is 10.00 Å². The van der Waals surface area contributed by atoms with Crippen LogP contribution in [0.15, 0.2) is 23.4 Å². The Bertz CT molecular complexity index is 501. The van der Waals surface area contributed by atoms with Gasteiger partial charge in [0.1, 0.15) is 23.3 Å². The van der Waals surface area contributed by atoms with Crippen LogP contribution in [0.2, 0.25) is 0 Å². The lowest BCUT2D eigenvalue weighted by atomic mass is 9.93. The molecule has 0 aromatic rings. The van der Waals surface area contributed by atoms with Gasteiger partial charge in [-0.05, 0) is 24.8 Å². The molecular weight excluding hydrogens is 320 g/mol. The lowest BCUT2D eigenvalue weighted by Gasteiger charge is -2.45. The summed E-state index contributed by atoms with van der Waals surface area (Å²) in [4.78, 5) is 10.8. The van der Waals surface area contributed by atoms with Crippen molar-refractivity contribution in [3.05, 3.63) is 23.4 Å². The zero-order valence-electron chi connectivity index (χ0n) is 13.5. The van der Waals surface area contributed by atoms with Gasteiger partial charge in [0, 0.05) is 11.6 Å². The highest BCUT2D eigenvalue weighted by Gasteiger charge is 2.48. The molecule has 2 rings (SSSR count). The van der Waals surface area contributed by atoms with Crippen LogP contribution in [0.3, 0.4) is 0 Å². The number of carboxylic acid groups (broad SMARTS) is 1. The Labute approximate surface area is 140 Å². The summed E-state index contributed by atoms with van der Waals surface area (Å²) in [7, 11) is 2.25. The summed E-state index contributed by atoms with van der Waals surface area (Å²) >= 11 is 3.77. The van der Waals surface area contributed by atoms with Gasteiger partial charge < -0.3 is 20.0 Å². The number of hydrogen-bond donors (Lipinski definition) is 1. The highest BCUT2D eigenvalue weighted by molar-refractivity contribution is 8.16. The zero-order valence-corrected chi connectivity index (χ0v) is 15.2. The van der Waals surface area contributed by atoms with E-state index < -0.39 is 6.09 Å². The van der Waals surface area contributed by atoms with Crippen LogP contribution < -0.4 is 10.4 Å². The Morgan fingerprint density at radius 1 is 1.50 bits per heavy atom. The SMILES string of the molecule is CSC1(S[N+]2(C)CCOCC2)C(C)=CC(NC(=O)[O-])=CC1C. The minimum absolute atomic E-state index is 0.0940. The van der Waals surface area contributed by atoms with Gasteiger partial charge in [-0.3, -0.25) is 3.89 Å². The zero-order chi connectivity index (χ0) is 16.4. The molecular formula is C15H24N2O3S2. The normalized spacial score (nSPS) is 31.2. The molecule has 22 heavy (non-hydrogen) atoms. The molecule has 2 atom stereocenters. The molecule has 1 saturated heterocycles. The highest BCUT2D eigenvalue weighted by Crippen LogP contribution is 2.53. The lowest BCUT2D eigenvalue weighted by Crippen LogP contribution is -2.51. The van der Waals surface area contributed by atoms with Crippen LogP contribution in [0.1, 0.15) is 13.8 Å². The van der Waals surface area contributed by atoms with Crippen LogP contribution in [0.25, 0.3) is 0 Å². The number of quaternary nitrogens is 1. The lowest BCUT2D eigenvalue weighted by molar-refractivity contribution is -0.785. The Kier molecular flexibility index (Phi) is 5.53. The van der Waals surface area contributed by atoms with Gasteiger partial charge in [-0.1, -0.05) is 13.0 Å². The molecule has 124 valence electrons. The number of ether oxygens (including phenoxy) is 1. The smallest absolute Gasteiger partial charge is 0.143 e. The molecule has 0 spiro atoms. The van der Waals surface area contributed by atoms with Crippen molar-refractivity contribution in [3.63, 3.8) is 0 Å². The van der Waals surface area contributed by atoms with Crippen molar-refractivity contribution >= 4 is 29.8 Å². The Balaban J connectivity index is 2.24. The number of rotatable bonds is 4. The first-order valence-corrected chi connectivity index (χ1v) is 9.38. The van der Waals surface area contributed by atoms with E-state index in [9.17, 15) is 9.90 Å². The van der Waals surface area contributed by atoms with Crippen LogP contribution >= 0.6 is 23.7 Å². The number of carbonyl (C=O) groups excluding carboxylic acids is 1. The topological polar surface area (TPSA) is 61.4 Å².